The van der Waals surface area contributed by atoms with Crippen molar-refractivity contribution in [2.75, 3.05) is 26.8 Å². The number of carbonyl (C=O) groups excluding carboxylic acids is 1. The highest BCUT2D eigenvalue weighted by molar-refractivity contribution is 5.75. The Morgan fingerprint density at radius 2 is 2.08 bits per heavy atom. The van der Waals surface area contributed by atoms with Crippen molar-refractivity contribution in [2.45, 2.75) is 50.7 Å². The van der Waals surface area contributed by atoms with Crippen LogP contribution >= 0.6 is 0 Å². The van der Waals surface area contributed by atoms with Crippen LogP contribution in [0.2, 0.25) is 0 Å². The molecular weight excluding hydrogens is 316 g/mol. The normalized spacial score (nSPS) is 25.4. The second-order valence-corrected chi connectivity index (χ2v) is 7.27. The fraction of sp³-hybridized carbons (Fsp3) is 0.650. The Kier molecular flexibility index (Phi) is 6.70. The van der Waals surface area contributed by atoms with E-state index in [0.717, 1.165) is 38.1 Å². The van der Waals surface area contributed by atoms with E-state index in [1.807, 2.05) is 0 Å². The molecule has 1 heterocycles. The zero-order valence-electron chi connectivity index (χ0n) is 15.1. The summed E-state index contributed by atoms with van der Waals surface area (Å²) in [4.78, 5) is 11.5. The van der Waals surface area contributed by atoms with Crippen LogP contribution in [-0.2, 0) is 16.0 Å². The van der Waals surface area contributed by atoms with Crippen molar-refractivity contribution in [3.05, 3.63) is 29.8 Å². The van der Waals surface area contributed by atoms with Crippen LogP contribution in [0.1, 0.15) is 37.7 Å². The van der Waals surface area contributed by atoms with Gasteiger partial charge in [-0.1, -0.05) is 12.1 Å². The van der Waals surface area contributed by atoms with Crippen LogP contribution in [0.15, 0.2) is 24.3 Å². The molecule has 2 fully saturated rings. The maximum atomic E-state index is 11.5. The molecule has 1 saturated heterocycles. The number of hydrogen-bond acceptors (Lipinski definition) is 4. The van der Waals surface area contributed by atoms with Gasteiger partial charge in [0.2, 0.25) is 5.91 Å². The molecule has 0 spiro atoms. The van der Waals surface area contributed by atoms with E-state index in [9.17, 15) is 4.79 Å². The summed E-state index contributed by atoms with van der Waals surface area (Å²) >= 11 is 0. The molecule has 5 heteroatoms. The molecule has 3 rings (SSSR count). The number of carbonyl (C=O) groups is 1. The zero-order valence-corrected chi connectivity index (χ0v) is 15.1. The largest absolute Gasteiger partial charge is 0.490 e. The lowest BCUT2D eigenvalue weighted by Crippen LogP contribution is -2.41. The van der Waals surface area contributed by atoms with Crippen LogP contribution in [0.25, 0.3) is 0 Å². The summed E-state index contributed by atoms with van der Waals surface area (Å²) in [6, 6.07) is 9.18. The molecule has 0 radical (unpaired) electrons. The first kappa shape index (κ1) is 18.2. The molecule has 0 aromatic heterocycles. The van der Waals surface area contributed by atoms with Gasteiger partial charge in [-0.25, -0.2) is 0 Å². The Hall–Kier alpha value is -1.59. The molecule has 1 aromatic rings. The number of nitrogens with one attached hydrogen (secondary N) is 2. The summed E-state index contributed by atoms with van der Waals surface area (Å²) in [6.07, 6.45) is 6.42. The number of amides is 1. The molecule has 1 saturated carbocycles. The third kappa shape index (κ3) is 5.72. The van der Waals surface area contributed by atoms with E-state index in [4.69, 9.17) is 9.47 Å². The molecule has 1 amide bonds. The molecule has 1 aromatic carbocycles. The summed E-state index contributed by atoms with van der Waals surface area (Å²) in [5, 5.41) is 6.50. The highest BCUT2D eigenvalue weighted by Gasteiger charge is 2.30. The van der Waals surface area contributed by atoms with Gasteiger partial charge in [0.25, 0.3) is 0 Å². The van der Waals surface area contributed by atoms with E-state index < -0.39 is 0 Å². The van der Waals surface area contributed by atoms with Crippen molar-refractivity contribution in [2.24, 2.45) is 5.92 Å². The molecule has 138 valence electrons. The fourth-order valence-electron chi connectivity index (χ4n) is 3.59. The van der Waals surface area contributed by atoms with Crippen LogP contribution in [0.4, 0.5) is 0 Å². The first-order valence-electron chi connectivity index (χ1n) is 9.47. The van der Waals surface area contributed by atoms with Gasteiger partial charge < -0.3 is 20.1 Å². The van der Waals surface area contributed by atoms with E-state index in [1.165, 1.54) is 18.4 Å². The molecule has 2 aliphatic rings. The molecule has 1 atom stereocenters. The van der Waals surface area contributed by atoms with Crippen LogP contribution in [0.3, 0.4) is 0 Å². The van der Waals surface area contributed by atoms with Gasteiger partial charge in [-0.2, -0.15) is 0 Å². The van der Waals surface area contributed by atoms with E-state index in [2.05, 4.69) is 34.9 Å². The minimum Gasteiger partial charge on any atom is -0.490 e. The van der Waals surface area contributed by atoms with E-state index in [1.54, 1.807) is 7.11 Å². The second kappa shape index (κ2) is 9.20. The van der Waals surface area contributed by atoms with Crippen molar-refractivity contribution in [1.29, 1.82) is 0 Å². The first-order chi connectivity index (χ1) is 12.2. The van der Waals surface area contributed by atoms with Crippen LogP contribution < -0.4 is 15.4 Å². The number of ether oxygens (including phenoxy) is 2. The molecule has 1 aliphatic heterocycles. The van der Waals surface area contributed by atoms with Gasteiger partial charge in [0.1, 0.15) is 5.75 Å². The number of hydrogen-bond donors (Lipinski definition) is 2. The molecule has 25 heavy (non-hydrogen) atoms. The van der Waals surface area contributed by atoms with Gasteiger partial charge in [-0.05, 0) is 62.3 Å². The molecule has 5 nitrogen and oxygen atoms in total. The molecule has 2 N–H and O–H groups in total. The first-order valence-corrected chi connectivity index (χ1v) is 9.47. The fourth-order valence-corrected chi connectivity index (χ4v) is 3.59. The number of benzene rings is 1. The number of rotatable bonds is 9. The minimum atomic E-state index is 0.0681. The lowest BCUT2D eigenvalue weighted by atomic mass is 9.82. The Morgan fingerprint density at radius 1 is 1.28 bits per heavy atom. The Labute approximate surface area is 150 Å². The van der Waals surface area contributed by atoms with Gasteiger partial charge in [0.15, 0.2) is 0 Å². The number of methoxy groups -OCH3 is 1. The maximum absolute atomic E-state index is 11.5. The topological polar surface area (TPSA) is 59.6 Å². The standard InChI is InChI=1S/C20H30N2O3/c1-24-10-8-20(23)22-14-16-12-19(13-16)25-18-6-4-15(5-7-18)11-17-3-2-9-21-17/h4-7,16-17,19,21H,2-3,8-14H2,1H3,(H,22,23). The van der Waals surface area contributed by atoms with Crippen molar-refractivity contribution in [1.82, 2.24) is 10.6 Å². The third-order valence-electron chi connectivity index (χ3n) is 5.18. The zero-order chi connectivity index (χ0) is 17.5. The van der Waals surface area contributed by atoms with Gasteiger partial charge in [0.05, 0.1) is 12.7 Å². The van der Waals surface area contributed by atoms with Crippen LogP contribution in [-0.4, -0.2) is 44.9 Å². The average molecular weight is 346 g/mol. The lowest BCUT2D eigenvalue weighted by molar-refractivity contribution is -0.122. The van der Waals surface area contributed by atoms with E-state index >= 15 is 0 Å². The highest BCUT2D eigenvalue weighted by Crippen LogP contribution is 2.31. The smallest absolute Gasteiger partial charge is 0.222 e. The average Bonchev–Trinajstić information content (AvgIpc) is 3.09. The Balaban J connectivity index is 1.32. The molecule has 1 aliphatic carbocycles. The lowest BCUT2D eigenvalue weighted by Gasteiger charge is -2.35. The summed E-state index contributed by atoms with van der Waals surface area (Å²) in [5.74, 6) is 1.55. The summed E-state index contributed by atoms with van der Waals surface area (Å²) < 4.78 is 10.9. The van der Waals surface area contributed by atoms with E-state index in [-0.39, 0.29) is 12.0 Å². The predicted octanol–water partition coefficient (Wildman–Crippen LogP) is 2.29. The highest BCUT2D eigenvalue weighted by atomic mass is 16.5. The van der Waals surface area contributed by atoms with Gasteiger partial charge in [-0.3, -0.25) is 4.79 Å². The quantitative estimate of drug-likeness (QED) is 0.720. The van der Waals surface area contributed by atoms with Crippen molar-refractivity contribution < 1.29 is 14.3 Å². The monoisotopic (exact) mass is 346 g/mol. The van der Waals surface area contributed by atoms with Gasteiger partial charge >= 0.3 is 0 Å². The summed E-state index contributed by atoms with van der Waals surface area (Å²) in [7, 11) is 1.61. The molecular formula is C20H30N2O3. The Bertz CT molecular complexity index is 534. The second-order valence-electron chi connectivity index (χ2n) is 7.27. The predicted molar refractivity (Wildman–Crippen MR) is 97.8 cm³/mol. The molecule has 1 unspecified atom stereocenters. The van der Waals surface area contributed by atoms with Gasteiger partial charge in [0, 0.05) is 26.1 Å². The summed E-state index contributed by atoms with van der Waals surface area (Å²) in [6.45, 7) is 2.38. The molecule has 0 bridgehead atoms. The Morgan fingerprint density at radius 3 is 2.76 bits per heavy atom. The van der Waals surface area contributed by atoms with Crippen LogP contribution in [0, 0.1) is 5.92 Å². The minimum absolute atomic E-state index is 0.0681. The summed E-state index contributed by atoms with van der Waals surface area (Å²) in [5.41, 5.74) is 1.37. The third-order valence-corrected chi connectivity index (χ3v) is 5.18. The van der Waals surface area contributed by atoms with E-state index in [0.29, 0.717) is 25.0 Å². The maximum Gasteiger partial charge on any atom is 0.222 e. The van der Waals surface area contributed by atoms with Crippen molar-refractivity contribution >= 4 is 5.91 Å². The van der Waals surface area contributed by atoms with Crippen LogP contribution in [0.5, 0.6) is 5.75 Å². The van der Waals surface area contributed by atoms with Crippen molar-refractivity contribution in [3.8, 4) is 5.75 Å². The van der Waals surface area contributed by atoms with Crippen molar-refractivity contribution in [3.63, 3.8) is 0 Å². The SMILES string of the molecule is COCCC(=O)NCC1CC(Oc2ccc(CC3CCCN3)cc2)C1. The van der Waals surface area contributed by atoms with Gasteiger partial charge in [-0.15, -0.1) is 0 Å².